The number of aromatic nitrogens is 3. The second kappa shape index (κ2) is 5.33. The number of hydrogen-bond donors (Lipinski definition) is 1. The molecule has 0 spiro atoms. The number of fused-ring (bicyclic) bond motifs is 1. The highest BCUT2D eigenvalue weighted by atomic mass is 16.4. The zero-order valence-electron chi connectivity index (χ0n) is 13.7. The van der Waals surface area contributed by atoms with Gasteiger partial charge < -0.3 is 10.0 Å². The third-order valence-corrected chi connectivity index (χ3v) is 4.37. The first-order chi connectivity index (χ1) is 10.8. The molecule has 7 nitrogen and oxygen atoms in total. The van der Waals surface area contributed by atoms with Crippen molar-refractivity contribution in [1.29, 1.82) is 0 Å². The maximum Gasteiger partial charge on any atom is 0.326 e. The van der Waals surface area contributed by atoms with Crippen LogP contribution >= 0.6 is 0 Å². The van der Waals surface area contributed by atoms with Gasteiger partial charge in [-0.1, -0.05) is 0 Å². The first-order valence-corrected chi connectivity index (χ1v) is 7.67. The van der Waals surface area contributed by atoms with Crippen molar-refractivity contribution in [2.75, 3.05) is 0 Å². The molecule has 1 unspecified atom stereocenters. The average molecular weight is 316 g/mol. The molecule has 1 aliphatic carbocycles. The molecule has 1 atom stereocenters. The predicted octanol–water partition coefficient (Wildman–Crippen LogP) is 1.66. The SMILES string of the molecule is Cc1nc2c(cc1C(=O)N(C1CC1)C(C)C(=O)O)c(C)nn2C. The zero-order chi connectivity index (χ0) is 16.9. The Morgan fingerprint density at radius 2 is 2.00 bits per heavy atom. The summed E-state index contributed by atoms with van der Waals surface area (Å²) in [5.41, 5.74) is 2.57. The third kappa shape index (κ3) is 2.56. The lowest BCUT2D eigenvalue weighted by Crippen LogP contribution is -2.45. The largest absolute Gasteiger partial charge is 0.480 e. The first kappa shape index (κ1) is 15.5. The Balaban J connectivity index is 2.07. The van der Waals surface area contributed by atoms with Crippen molar-refractivity contribution in [3.8, 4) is 0 Å². The number of hydrogen-bond acceptors (Lipinski definition) is 4. The average Bonchev–Trinajstić information content (AvgIpc) is 3.26. The molecule has 0 bridgehead atoms. The summed E-state index contributed by atoms with van der Waals surface area (Å²) in [6.07, 6.45) is 1.70. The molecule has 7 heteroatoms. The number of carbonyl (C=O) groups excluding carboxylic acids is 1. The van der Waals surface area contributed by atoms with Gasteiger partial charge in [0.25, 0.3) is 5.91 Å². The van der Waals surface area contributed by atoms with Crippen LogP contribution in [0.3, 0.4) is 0 Å². The van der Waals surface area contributed by atoms with Crippen LogP contribution in [0.5, 0.6) is 0 Å². The third-order valence-electron chi connectivity index (χ3n) is 4.37. The second-order valence-electron chi connectivity index (χ2n) is 6.16. The van der Waals surface area contributed by atoms with Gasteiger partial charge in [-0.05, 0) is 39.7 Å². The summed E-state index contributed by atoms with van der Waals surface area (Å²) < 4.78 is 1.68. The van der Waals surface area contributed by atoms with Crippen LogP contribution in [-0.4, -0.2) is 48.7 Å². The van der Waals surface area contributed by atoms with Crippen LogP contribution in [0, 0.1) is 13.8 Å². The summed E-state index contributed by atoms with van der Waals surface area (Å²) in [6.45, 7) is 5.19. The number of aryl methyl sites for hydroxylation is 3. The Bertz CT molecular complexity index is 807. The van der Waals surface area contributed by atoms with Gasteiger partial charge in [0.05, 0.1) is 17.0 Å². The Labute approximate surface area is 133 Å². The maximum atomic E-state index is 13.0. The molecule has 1 amide bonds. The number of nitrogens with zero attached hydrogens (tertiary/aromatic N) is 4. The van der Waals surface area contributed by atoms with Crippen LogP contribution < -0.4 is 0 Å². The minimum Gasteiger partial charge on any atom is -0.480 e. The van der Waals surface area contributed by atoms with Crippen LogP contribution in [0.15, 0.2) is 6.07 Å². The molecule has 3 rings (SSSR count). The van der Waals surface area contributed by atoms with E-state index in [0.29, 0.717) is 11.3 Å². The summed E-state index contributed by atoms with van der Waals surface area (Å²) in [5, 5.41) is 14.4. The fourth-order valence-corrected chi connectivity index (χ4v) is 2.92. The molecule has 0 saturated heterocycles. The van der Waals surface area contributed by atoms with E-state index in [4.69, 9.17) is 0 Å². The number of amides is 1. The molecule has 122 valence electrons. The van der Waals surface area contributed by atoms with Gasteiger partial charge in [0, 0.05) is 18.5 Å². The van der Waals surface area contributed by atoms with Gasteiger partial charge in [-0.15, -0.1) is 0 Å². The summed E-state index contributed by atoms with van der Waals surface area (Å²) in [7, 11) is 1.81. The molecule has 1 N–H and O–H groups in total. The van der Waals surface area contributed by atoms with Crippen molar-refractivity contribution in [3.05, 3.63) is 23.0 Å². The lowest BCUT2D eigenvalue weighted by molar-refractivity contribution is -0.141. The predicted molar refractivity (Wildman–Crippen MR) is 84.3 cm³/mol. The van der Waals surface area contributed by atoms with Gasteiger partial charge in [0.2, 0.25) is 0 Å². The molecule has 23 heavy (non-hydrogen) atoms. The number of aliphatic carboxylic acids is 1. The van der Waals surface area contributed by atoms with Gasteiger partial charge in [0.15, 0.2) is 5.65 Å². The standard InChI is InChI=1S/C16H20N4O3/c1-8-13(7-12-9(2)18-19(4)14(12)17-8)15(21)20(11-5-6-11)10(3)16(22)23/h7,10-11H,5-6H2,1-4H3,(H,22,23). The van der Waals surface area contributed by atoms with E-state index >= 15 is 0 Å². The Morgan fingerprint density at radius 1 is 1.35 bits per heavy atom. The number of rotatable bonds is 4. The Morgan fingerprint density at radius 3 is 2.57 bits per heavy atom. The van der Waals surface area contributed by atoms with Crippen LogP contribution in [0.4, 0.5) is 0 Å². The van der Waals surface area contributed by atoms with Crippen molar-refractivity contribution in [1.82, 2.24) is 19.7 Å². The molecule has 0 aliphatic heterocycles. The van der Waals surface area contributed by atoms with Crippen molar-refractivity contribution in [2.45, 2.75) is 45.7 Å². The van der Waals surface area contributed by atoms with E-state index < -0.39 is 12.0 Å². The van der Waals surface area contributed by atoms with Gasteiger partial charge in [-0.25, -0.2) is 9.78 Å². The van der Waals surface area contributed by atoms with Crippen molar-refractivity contribution < 1.29 is 14.7 Å². The molecular formula is C16H20N4O3. The van der Waals surface area contributed by atoms with Crippen LogP contribution in [-0.2, 0) is 11.8 Å². The monoisotopic (exact) mass is 316 g/mol. The normalized spacial score (nSPS) is 15.7. The highest BCUT2D eigenvalue weighted by molar-refractivity contribution is 6.00. The molecule has 0 radical (unpaired) electrons. The lowest BCUT2D eigenvalue weighted by Gasteiger charge is -2.27. The van der Waals surface area contributed by atoms with E-state index in [-0.39, 0.29) is 11.9 Å². The van der Waals surface area contributed by atoms with Crippen molar-refractivity contribution >= 4 is 22.9 Å². The van der Waals surface area contributed by atoms with Gasteiger partial charge in [-0.3, -0.25) is 9.48 Å². The fraction of sp³-hybridized carbons (Fsp3) is 0.500. The van der Waals surface area contributed by atoms with E-state index in [0.717, 1.165) is 29.6 Å². The number of pyridine rings is 1. The molecular weight excluding hydrogens is 296 g/mol. The van der Waals surface area contributed by atoms with Gasteiger partial charge >= 0.3 is 5.97 Å². The van der Waals surface area contributed by atoms with Crippen molar-refractivity contribution in [2.24, 2.45) is 7.05 Å². The number of carbonyl (C=O) groups is 2. The summed E-state index contributed by atoms with van der Waals surface area (Å²) in [4.78, 5) is 30.3. The van der Waals surface area contributed by atoms with E-state index in [1.165, 1.54) is 4.90 Å². The van der Waals surface area contributed by atoms with Crippen LogP contribution in [0.1, 0.15) is 41.5 Å². The van der Waals surface area contributed by atoms with Crippen LogP contribution in [0.25, 0.3) is 11.0 Å². The van der Waals surface area contributed by atoms with E-state index in [1.54, 1.807) is 24.6 Å². The second-order valence-corrected chi connectivity index (χ2v) is 6.16. The quantitative estimate of drug-likeness (QED) is 0.927. The lowest BCUT2D eigenvalue weighted by atomic mass is 10.1. The van der Waals surface area contributed by atoms with E-state index in [9.17, 15) is 14.7 Å². The molecule has 1 aliphatic rings. The highest BCUT2D eigenvalue weighted by Crippen LogP contribution is 2.31. The summed E-state index contributed by atoms with van der Waals surface area (Å²) in [6, 6.07) is 0.950. The molecule has 2 heterocycles. The zero-order valence-corrected chi connectivity index (χ0v) is 13.7. The van der Waals surface area contributed by atoms with Crippen molar-refractivity contribution in [3.63, 3.8) is 0 Å². The molecule has 2 aromatic rings. The van der Waals surface area contributed by atoms with Gasteiger partial charge in [-0.2, -0.15) is 5.10 Å². The highest BCUT2D eigenvalue weighted by Gasteiger charge is 2.39. The molecule has 0 aromatic carbocycles. The minimum atomic E-state index is -0.991. The molecule has 2 aromatic heterocycles. The fourth-order valence-electron chi connectivity index (χ4n) is 2.92. The van der Waals surface area contributed by atoms with E-state index in [1.807, 2.05) is 14.0 Å². The first-order valence-electron chi connectivity index (χ1n) is 7.67. The van der Waals surface area contributed by atoms with E-state index in [2.05, 4.69) is 10.1 Å². The maximum absolute atomic E-state index is 13.0. The Kier molecular flexibility index (Phi) is 3.58. The van der Waals surface area contributed by atoms with Crippen LogP contribution in [0.2, 0.25) is 0 Å². The smallest absolute Gasteiger partial charge is 0.326 e. The number of carboxylic acids is 1. The topological polar surface area (TPSA) is 88.3 Å². The molecule has 1 fully saturated rings. The number of carboxylic acid groups (broad SMARTS) is 1. The summed E-state index contributed by atoms with van der Waals surface area (Å²) in [5.74, 6) is -1.26. The van der Waals surface area contributed by atoms with Gasteiger partial charge in [0.1, 0.15) is 6.04 Å². The summed E-state index contributed by atoms with van der Waals surface area (Å²) >= 11 is 0. The minimum absolute atomic E-state index is 0.0127. The molecule has 1 saturated carbocycles. The Hall–Kier alpha value is -2.44.